The number of benzene rings is 3. The average Bonchev–Trinajstić information content (AvgIpc) is 3.93. The molecule has 0 radical (unpaired) electrons. The van der Waals surface area contributed by atoms with Crippen LogP contribution in [0.2, 0.25) is 0 Å². The SMILES string of the molecule is CC.CC.CC.CC.CCC.CCCC.CCCCCC.c1ccc(OCC2CO2)cc1.c1ccc2ccccc2c1. The van der Waals surface area contributed by atoms with E-state index in [1.54, 1.807) is 0 Å². The number of hydrogen-bond donors (Lipinski definition) is 0. The lowest BCUT2D eigenvalue weighted by Crippen LogP contribution is -2.03. The standard InChI is InChI=1S/C10H8.C9H10O2.C6H14.C4H10.C3H8.4C2H6/c1-2-6-10-8-4-3-7-9(10)5-1;1-2-4-8(5-3-1)10-6-9-7-11-9;1-3-5-6-4-2;1-3-4-2;1-3-2;4*1-2/h1-8H;1-5,9H,6-7H2;3-6H2,1-2H3;3-4H2,1-2H3;3H2,1-2H3;4*1-2H3. The molecular weight excluding hydrogens is 512 g/mol. The van der Waals surface area contributed by atoms with Crippen LogP contribution in [0.25, 0.3) is 10.8 Å². The Morgan fingerprint density at radius 1 is 0.524 bits per heavy atom. The van der Waals surface area contributed by atoms with Crippen LogP contribution >= 0.6 is 0 Å². The summed E-state index contributed by atoms with van der Waals surface area (Å²) < 4.78 is 10.4. The number of hydrogen-bond acceptors (Lipinski definition) is 2. The molecule has 2 heteroatoms. The predicted octanol–water partition coefficient (Wildman–Crippen LogP) is 14.2. The molecule has 0 N–H and O–H groups in total. The van der Waals surface area contributed by atoms with Crippen LogP contribution in [-0.2, 0) is 4.74 Å². The molecule has 0 spiro atoms. The van der Waals surface area contributed by atoms with Gasteiger partial charge in [0.25, 0.3) is 0 Å². The third kappa shape index (κ3) is 39.8. The maximum absolute atomic E-state index is 5.40. The van der Waals surface area contributed by atoms with E-state index in [0.29, 0.717) is 12.7 Å². The zero-order chi connectivity index (χ0) is 33.3. The third-order valence-corrected chi connectivity index (χ3v) is 4.70. The summed E-state index contributed by atoms with van der Waals surface area (Å²) in [5.74, 6) is 0.919. The highest BCUT2D eigenvalue weighted by Crippen LogP contribution is 2.13. The summed E-state index contributed by atoms with van der Waals surface area (Å²) in [6.45, 7) is 30.6. The van der Waals surface area contributed by atoms with E-state index in [-0.39, 0.29) is 0 Å². The monoisotopic (exact) mass is 587 g/mol. The number of ether oxygens (including phenoxy) is 2. The molecule has 4 rings (SSSR count). The Labute approximate surface area is 265 Å². The molecule has 1 atom stereocenters. The first-order valence-corrected chi connectivity index (χ1v) is 17.4. The maximum Gasteiger partial charge on any atom is 0.119 e. The molecule has 0 saturated carbocycles. The summed E-state index contributed by atoms with van der Waals surface area (Å²) in [6, 6.07) is 26.5. The molecule has 3 aromatic carbocycles. The summed E-state index contributed by atoms with van der Waals surface area (Å²) in [4.78, 5) is 0. The van der Waals surface area contributed by atoms with Gasteiger partial charge in [0.2, 0.25) is 0 Å². The van der Waals surface area contributed by atoms with E-state index in [0.717, 1.165) is 12.4 Å². The van der Waals surface area contributed by atoms with Gasteiger partial charge in [-0.2, -0.15) is 0 Å². The van der Waals surface area contributed by atoms with Crippen molar-refractivity contribution in [3.63, 3.8) is 0 Å². The predicted molar refractivity (Wildman–Crippen MR) is 197 cm³/mol. The Hall–Kier alpha value is -2.32. The molecule has 246 valence electrons. The maximum atomic E-state index is 5.40. The zero-order valence-corrected chi connectivity index (χ0v) is 30.8. The van der Waals surface area contributed by atoms with E-state index in [1.807, 2.05) is 85.7 Å². The molecule has 1 unspecified atom stereocenters. The Balaban J connectivity index is -0.000000136. The van der Waals surface area contributed by atoms with Crippen molar-refractivity contribution >= 4 is 10.8 Å². The summed E-state index contributed by atoms with van der Waals surface area (Å²) in [6.07, 6.45) is 9.77. The number of unbranched alkanes of at least 4 members (excludes halogenated alkanes) is 4. The topological polar surface area (TPSA) is 21.8 Å². The van der Waals surface area contributed by atoms with Gasteiger partial charge < -0.3 is 9.47 Å². The molecule has 0 aliphatic carbocycles. The molecule has 1 aliphatic heterocycles. The van der Waals surface area contributed by atoms with E-state index in [2.05, 4.69) is 90.1 Å². The Bertz CT molecular complexity index is 710. The van der Waals surface area contributed by atoms with Crippen molar-refractivity contribution in [2.24, 2.45) is 0 Å². The molecule has 1 saturated heterocycles. The van der Waals surface area contributed by atoms with Crippen LogP contribution in [0.5, 0.6) is 5.75 Å². The van der Waals surface area contributed by atoms with Gasteiger partial charge in [-0.15, -0.1) is 0 Å². The second-order valence-electron chi connectivity index (χ2n) is 8.34. The Morgan fingerprint density at radius 2 is 0.833 bits per heavy atom. The lowest BCUT2D eigenvalue weighted by molar-refractivity contribution is 0.263. The molecule has 2 nitrogen and oxygen atoms in total. The second-order valence-corrected chi connectivity index (χ2v) is 8.34. The molecule has 1 heterocycles. The van der Waals surface area contributed by atoms with E-state index in [1.165, 1.54) is 55.7 Å². The highest BCUT2D eigenvalue weighted by molar-refractivity contribution is 5.82. The highest BCUT2D eigenvalue weighted by atomic mass is 16.6. The van der Waals surface area contributed by atoms with Gasteiger partial charge in [-0.25, -0.2) is 0 Å². The summed E-state index contributed by atoms with van der Waals surface area (Å²) in [7, 11) is 0. The molecule has 3 aromatic rings. The average molecular weight is 587 g/mol. The normalized spacial score (nSPS) is 11.0. The minimum Gasteiger partial charge on any atom is -0.491 e. The molecule has 0 amide bonds. The van der Waals surface area contributed by atoms with Gasteiger partial charge in [-0.1, -0.05) is 209 Å². The quantitative estimate of drug-likeness (QED) is 0.203. The first-order chi connectivity index (χ1) is 20.7. The summed E-state index contributed by atoms with van der Waals surface area (Å²) >= 11 is 0. The van der Waals surface area contributed by atoms with Crippen molar-refractivity contribution in [3.8, 4) is 5.75 Å². The van der Waals surface area contributed by atoms with Gasteiger partial charge in [0.1, 0.15) is 18.5 Å². The van der Waals surface area contributed by atoms with Crippen LogP contribution in [0.3, 0.4) is 0 Å². The van der Waals surface area contributed by atoms with Crippen LogP contribution in [0, 0.1) is 0 Å². The molecule has 42 heavy (non-hydrogen) atoms. The van der Waals surface area contributed by atoms with E-state index < -0.39 is 0 Å². The first-order valence-electron chi connectivity index (χ1n) is 17.4. The third-order valence-electron chi connectivity index (χ3n) is 4.70. The van der Waals surface area contributed by atoms with Crippen LogP contribution in [0.4, 0.5) is 0 Å². The number of para-hydroxylation sites is 1. The molecule has 0 bridgehead atoms. The van der Waals surface area contributed by atoms with Crippen molar-refractivity contribution in [2.75, 3.05) is 13.2 Å². The van der Waals surface area contributed by atoms with Gasteiger partial charge in [0.05, 0.1) is 6.61 Å². The molecule has 1 aliphatic rings. The minimum atomic E-state index is 0.343. The van der Waals surface area contributed by atoms with Crippen molar-refractivity contribution in [1.29, 1.82) is 0 Å². The van der Waals surface area contributed by atoms with E-state index in [4.69, 9.17) is 9.47 Å². The summed E-state index contributed by atoms with van der Waals surface area (Å²) in [5, 5.41) is 2.62. The smallest absolute Gasteiger partial charge is 0.119 e. The van der Waals surface area contributed by atoms with Crippen LogP contribution < -0.4 is 4.74 Å². The lowest BCUT2D eigenvalue weighted by Gasteiger charge is -2.01. The largest absolute Gasteiger partial charge is 0.491 e. The lowest BCUT2D eigenvalue weighted by atomic mass is 10.1. The van der Waals surface area contributed by atoms with Crippen LogP contribution in [0.1, 0.15) is 142 Å². The zero-order valence-electron chi connectivity index (χ0n) is 30.8. The fraction of sp³-hybridized carbons (Fsp3) is 0.600. The fourth-order valence-electron chi connectivity index (χ4n) is 2.50. The van der Waals surface area contributed by atoms with Crippen LogP contribution in [-0.4, -0.2) is 19.3 Å². The fourth-order valence-corrected chi connectivity index (χ4v) is 2.50. The van der Waals surface area contributed by atoms with Crippen molar-refractivity contribution in [3.05, 3.63) is 78.9 Å². The van der Waals surface area contributed by atoms with E-state index in [9.17, 15) is 0 Å². The van der Waals surface area contributed by atoms with Crippen LogP contribution in [0.15, 0.2) is 78.9 Å². The van der Waals surface area contributed by atoms with Gasteiger partial charge in [-0.3, -0.25) is 0 Å². The molecule has 0 aromatic heterocycles. The molecular formula is C40H74O2. The second kappa shape index (κ2) is 48.4. The highest BCUT2D eigenvalue weighted by Gasteiger charge is 2.22. The number of epoxide rings is 1. The van der Waals surface area contributed by atoms with Gasteiger partial charge in [0, 0.05) is 0 Å². The number of rotatable bonds is 7. The summed E-state index contributed by atoms with van der Waals surface area (Å²) in [5.41, 5.74) is 0. The van der Waals surface area contributed by atoms with Gasteiger partial charge >= 0.3 is 0 Å². The first kappa shape index (κ1) is 49.4. The van der Waals surface area contributed by atoms with Gasteiger partial charge in [-0.05, 0) is 22.9 Å². The van der Waals surface area contributed by atoms with Crippen molar-refractivity contribution < 1.29 is 9.47 Å². The van der Waals surface area contributed by atoms with Gasteiger partial charge in [0.15, 0.2) is 0 Å². The van der Waals surface area contributed by atoms with Crippen molar-refractivity contribution in [2.45, 2.75) is 148 Å². The Kier molecular flexibility index (Phi) is 56.9. The Morgan fingerprint density at radius 3 is 1.10 bits per heavy atom. The van der Waals surface area contributed by atoms with E-state index >= 15 is 0 Å². The van der Waals surface area contributed by atoms with Crippen molar-refractivity contribution in [1.82, 2.24) is 0 Å². The minimum absolute atomic E-state index is 0.343. The molecule has 1 fully saturated rings. The number of fused-ring (bicyclic) bond motifs is 1.